The van der Waals surface area contributed by atoms with Crippen molar-refractivity contribution in [1.29, 1.82) is 0 Å². The van der Waals surface area contributed by atoms with Gasteiger partial charge < -0.3 is 10.1 Å². The molecule has 1 spiro atoms. The van der Waals surface area contributed by atoms with Crippen molar-refractivity contribution in [1.82, 2.24) is 0 Å². The van der Waals surface area contributed by atoms with Crippen molar-refractivity contribution in [2.24, 2.45) is 5.41 Å². The summed E-state index contributed by atoms with van der Waals surface area (Å²) >= 11 is 0. The highest BCUT2D eigenvalue weighted by atomic mass is 19.1. The Bertz CT molecular complexity index is 496. The highest BCUT2D eigenvalue weighted by molar-refractivity contribution is 5.52. The van der Waals surface area contributed by atoms with E-state index < -0.39 is 0 Å². The van der Waals surface area contributed by atoms with Crippen LogP contribution < -0.4 is 5.32 Å². The van der Waals surface area contributed by atoms with Crippen LogP contribution in [-0.4, -0.2) is 18.8 Å². The first-order chi connectivity index (χ1) is 10.2. The highest BCUT2D eigenvalue weighted by Gasteiger charge is 2.55. The molecule has 21 heavy (non-hydrogen) atoms. The van der Waals surface area contributed by atoms with E-state index in [2.05, 4.69) is 12.2 Å². The Morgan fingerprint density at radius 3 is 2.76 bits per heavy atom. The van der Waals surface area contributed by atoms with Crippen LogP contribution in [0.4, 0.5) is 10.1 Å². The minimum Gasteiger partial charge on any atom is -0.381 e. The van der Waals surface area contributed by atoms with Crippen LogP contribution in [0.2, 0.25) is 0 Å². The van der Waals surface area contributed by atoms with Crippen LogP contribution in [0.3, 0.4) is 0 Å². The first-order valence-corrected chi connectivity index (χ1v) is 8.30. The third kappa shape index (κ3) is 2.68. The topological polar surface area (TPSA) is 21.3 Å². The lowest BCUT2D eigenvalue weighted by molar-refractivity contribution is -0.134. The van der Waals surface area contributed by atoms with E-state index >= 15 is 0 Å². The standard InChI is InChI=1S/C18H26FNO/c1-3-21-17-12-16(18(17)9-5-4-6-10-18)20-15-11-14(19)8-7-13(15)2/h7-8,11,16-17,20H,3-6,9-10,12H2,1-2H3. The van der Waals surface area contributed by atoms with Gasteiger partial charge in [-0.05, 0) is 50.8 Å². The Kier molecular flexibility index (Phi) is 4.21. The summed E-state index contributed by atoms with van der Waals surface area (Å²) in [4.78, 5) is 0. The predicted molar refractivity (Wildman–Crippen MR) is 84.1 cm³/mol. The van der Waals surface area contributed by atoms with E-state index in [9.17, 15) is 4.39 Å². The monoisotopic (exact) mass is 291 g/mol. The molecule has 0 aromatic heterocycles. The summed E-state index contributed by atoms with van der Waals surface area (Å²) < 4.78 is 19.5. The molecule has 0 heterocycles. The molecule has 0 radical (unpaired) electrons. The molecule has 3 rings (SSSR count). The van der Waals surface area contributed by atoms with Crippen LogP contribution in [0, 0.1) is 18.2 Å². The van der Waals surface area contributed by atoms with E-state index in [-0.39, 0.29) is 11.2 Å². The number of aryl methyl sites for hydroxylation is 1. The molecule has 1 aromatic rings. The maximum absolute atomic E-state index is 13.5. The minimum absolute atomic E-state index is 0.165. The molecule has 2 fully saturated rings. The van der Waals surface area contributed by atoms with E-state index in [0.717, 1.165) is 24.3 Å². The summed E-state index contributed by atoms with van der Waals surface area (Å²) in [5.41, 5.74) is 2.33. The normalized spacial score (nSPS) is 27.4. The van der Waals surface area contributed by atoms with Crippen molar-refractivity contribution in [3.63, 3.8) is 0 Å². The van der Waals surface area contributed by atoms with Crippen molar-refractivity contribution >= 4 is 5.69 Å². The summed E-state index contributed by atoms with van der Waals surface area (Å²) in [6.07, 6.45) is 7.84. The average molecular weight is 291 g/mol. The van der Waals surface area contributed by atoms with Crippen molar-refractivity contribution in [3.8, 4) is 0 Å². The van der Waals surface area contributed by atoms with E-state index in [1.165, 1.54) is 38.2 Å². The van der Waals surface area contributed by atoms with Gasteiger partial charge in [0, 0.05) is 23.8 Å². The van der Waals surface area contributed by atoms with E-state index in [4.69, 9.17) is 4.74 Å². The van der Waals surface area contributed by atoms with Crippen LogP contribution in [-0.2, 0) is 4.74 Å². The quantitative estimate of drug-likeness (QED) is 0.870. The smallest absolute Gasteiger partial charge is 0.125 e. The molecule has 1 N–H and O–H groups in total. The Labute approximate surface area is 127 Å². The largest absolute Gasteiger partial charge is 0.381 e. The lowest BCUT2D eigenvalue weighted by Crippen LogP contribution is -2.62. The van der Waals surface area contributed by atoms with Gasteiger partial charge in [0.05, 0.1) is 6.10 Å². The van der Waals surface area contributed by atoms with Gasteiger partial charge >= 0.3 is 0 Å². The lowest BCUT2D eigenvalue weighted by atomic mass is 9.55. The predicted octanol–water partition coefficient (Wildman–Crippen LogP) is 4.67. The third-order valence-corrected chi connectivity index (χ3v) is 5.47. The van der Waals surface area contributed by atoms with E-state index in [1.807, 2.05) is 13.0 Å². The van der Waals surface area contributed by atoms with Crippen molar-refractivity contribution < 1.29 is 9.13 Å². The molecule has 0 saturated heterocycles. The van der Waals surface area contributed by atoms with Crippen LogP contribution in [0.25, 0.3) is 0 Å². The van der Waals surface area contributed by atoms with Gasteiger partial charge in [0.2, 0.25) is 0 Å². The Morgan fingerprint density at radius 1 is 1.29 bits per heavy atom. The molecule has 0 bridgehead atoms. The molecular weight excluding hydrogens is 265 g/mol. The van der Waals surface area contributed by atoms with Gasteiger partial charge in [-0.3, -0.25) is 0 Å². The molecule has 1 aromatic carbocycles. The number of hydrogen-bond donors (Lipinski definition) is 1. The summed E-state index contributed by atoms with van der Waals surface area (Å²) in [5.74, 6) is -0.165. The molecular formula is C18H26FNO. The average Bonchev–Trinajstić information content (AvgIpc) is 2.50. The summed E-state index contributed by atoms with van der Waals surface area (Å²) in [6.45, 7) is 4.90. The number of nitrogens with one attached hydrogen (secondary N) is 1. The fourth-order valence-electron chi connectivity index (χ4n) is 4.20. The first kappa shape index (κ1) is 14.8. The second-order valence-corrected chi connectivity index (χ2v) is 6.63. The number of rotatable bonds is 4. The van der Waals surface area contributed by atoms with E-state index in [1.54, 1.807) is 6.07 Å². The third-order valence-electron chi connectivity index (χ3n) is 5.47. The van der Waals surface area contributed by atoms with Crippen molar-refractivity contribution in [3.05, 3.63) is 29.6 Å². The molecule has 2 aliphatic rings. The zero-order valence-corrected chi connectivity index (χ0v) is 13.1. The van der Waals surface area contributed by atoms with Gasteiger partial charge in [-0.1, -0.05) is 25.3 Å². The Balaban J connectivity index is 1.77. The molecule has 3 heteroatoms. The summed E-state index contributed by atoms with van der Waals surface area (Å²) in [6, 6.07) is 5.43. The van der Waals surface area contributed by atoms with Gasteiger partial charge in [-0.15, -0.1) is 0 Å². The van der Waals surface area contributed by atoms with E-state index in [0.29, 0.717) is 12.1 Å². The molecule has 0 amide bonds. The number of benzene rings is 1. The van der Waals surface area contributed by atoms with Gasteiger partial charge in [-0.2, -0.15) is 0 Å². The number of hydrogen-bond acceptors (Lipinski definition) is 2. The number of halogens is 1. The van der Waals surface area contributed by atoms with Crippen LogP contribution in [0.5, 0.6) is 0 Å². The molecule has 2 unspecified atom stereocenters. The van der Waals surface area contributed by atoms with Crippen molar-refractivity contribution in [2.75, 3.05) is 11.9 Å². The molecule has 2 aliphatic carbocycles. The number of ether oxygens (including phenoxy) is 1. The van der Waals surface area contributed by atoms with Crippen LogP contribution in [0.15, 0.2) is 18.2 Å². The van der Waals surface area contributed by atoms with Gasteiger partial charge in [0.1, 0.15) is 5.82 Å². The molecule has 0 aliphatic heterocycles. The fraction of sp³-hybridized carbons (Fsp3) is 0.667. The van der Waals surface area contributed by atoms with Gasteiger partial charge in [0.15, 0.2) is 0 Å². The first-order valence-electron chi connectivity index (χ1n) is 8.30. The van der Waals surface area contributed by atoms with Crippen molar-refractivity contribution in [2.45, 2.75) is 64.5 Å². The highest BCUT2D eigenvalue weighted by Crippen LogP contribution is 2.54. The second kappa shape index (κ2) is 5.96. The Morgan fingerprint density at radius 2 is 2.05 bits per heavy atom. The van der Waals surface area contributed by atoms with Gasteiger partial charge in [-0.25, -0.2) is 4.39 Å². The molecule has 2 nitrogen and oxygen atoms in total. The fourth-order valence-corrected chi connectivity index (χ4v) is 4.20. The minimum atomic E-state index is -0.165. The zero-order chi connectivity index (χ0) is 14.9. The zero-order valence-electron chi connectivity index (χ0n) is 13.1. The Hall–Kier alpha value is -1.09. The second-order valence-electron chi connectivity index (χ2n) is 6.63. The maximum Gasteiger partial charge on any atom is 0.125 e. The maximum atomic E-state index is 13.5. The number of anilines is 1. The molecule has 2 saturated carbocycles. The van der Waals surface area contributed by atoms with Crippen LogP contribution in [0.1, 0.15) is 51.0 Å². The summed E-state index contributed by atoms with van der Waals surface area (Å²) in [5, 5.41) is 3.62. The molecule has 2 atom stereocenters. The summed E-state index contributed by atoms with van der Waals surface area (Å²) in [7, 11) is 0. The SMILES string of the molecule is CCOC1CC(Nc2cc(F)ccc2C)C12CCCCC2. The molecule has 116 valence electrons. The van der Waals surface area contributed by atoms with Gasteiger partial charge in [0.25, 0.3) is 0 Å². The lowest BCUT2D eigenvalue weighted by Gasteiger charge is -2.58. The van der Waals surface area contributed by atoms with Crippen LogP contribution >= 0.6 is 0 Å².